The summed E-state index contributed by atoms with van der Waals surface area (Å²) < 4.78 is 42.1. The number of nitrogens with one attached hydrogen (secondary N) is 2. The van der Waals surface area contributed by atoms with Gasteiger partial charge in [-0.2, -0.15) is 4.98 Å². The lowest BCUT2D eigenvalue weighted by molar-refractivity contribution is -0.384. The summed E-state index contributed by atoms with van der Waals surface area (Å²) >= 11 is 0. The predicted molar refractivity (Wildman–Crippen MR) is 129 cm³/mol. The van der Waals surface area contributed by atoms with Gasteiger partial charge in [0.1, 0.15) is 11.9 Å². The molecule has 1 aliphatic carbocycles. The number of hydrogen-bond acceptors (Lipinski definition) is 8. The number of rotatable bonds is 9. The summed E-state index contributed by atoms with van der Waals surface area (Å²) in [5, 5.41) is 17.5. The molecule has 0 bridgehead atoms. The molecule has 0 radical (unpaired) electrons. The Hall–Kier alpha value is -3.15. The average molecular weight is 509 g/mol. The topological polar surface area (TPSA) is 105 Å². The van der Waals surface area contributed by atoms with E-state index in [-0.39, 0.29) is 35.3 Å². The zero-order valence-electron chi connectivity index (χ0n) is 20.0. The molecule has 196 valence electrons. The van der Waals surface area contributed by atoms with Gasteiger partial charge in [-0.05, 0) is 63.6 Å². The van der Waals surface area contributed by atoms with Crippen molar-refractivity contribution in [1.29, 1.82) is 0 Å². The average Bonchev–Trinajstić information content (AvgIpc) is 2.87. The third-order valence-corrected chi connectivity index (χ3v) is 6.88. The first-order valence-corrected chi connectivity index (χ1v) is 12.4. The lowest BCUT2D eigenvalue weighted by Crippen LogP contribution is -2.41. The van der Waals surface area contributed by atoms with Crippen LogP contribution < -0.4 is 15.4 Å². The van der Waals surface area contributed by atoms with E-state index < -0.39 is 11.3 Å². The molecule has 1 aromatic carbocycles. The lowest BCUT2D eigenvalue weighted by atomic mass is 9.84. The van der Waals surface area contributed by atoms with Crippen molar-refractivity contribution in [3.63, 3.8) is 0 Å². The number of ether oxygens (including phenoxy) is 1. The Morgan fingerprint density at radius 3 is 2.50 bits per heavy atom. The standard InChI is InChI=1S/C24H31F3N6O3/c25-24(26,27)36-21-7-3-2-6-18(21)15-29-23-30-16-20(33(34)35)22(31-23)28-14-17-8-10-19(11-9-17)32-12-4-1-5-13-32/h2-3,6-7,16-17,19H,1,4-5,8-15H2,(H2,28,29,30,31)/t17-,19-. The highest BCUT2D eigenvalue weighted by atomic mass is 19.4. The number of nitrogens with zero attached hydrogens (tertiary/aromatic N) is 4. The first-order chi connectivity index (χ1) is 17.3. The number of anilines is 2. The van der Waals surface area contributed by atoms with Gasteiger partial charge in [0, 0.05) is 24.7 Å². The molecular formula is C24H31F3N6O3. The molecule has 9 nitrogen and oxygen atoms in total. The summed E-state index contributed by atoms with van der Waals surface area (Å²) in [6.07, 6.45) is 4.51. The van der Waals surface area contributed by atoms with E-state index in [4.69, 9.17) is 0 Å². The van der Waals surface area contributed by atoms with Gasteiger partial charge in [-0.1, -0.05) is 24.6 Å². The van der Waals surface area contributed by atoms with Crippen molar-refractivity contribution in [3.05, 3.63) is 46.1 Å². The van der Waals surface area contributed by atoms with E-state index in [2.05, 4.69) is 30.2 Å². The van der Waals surface area contributed by atoms with Gasteiger partial charge in [0.25, 0.3) is 0 Å². The fraction of sp³-hybridized carbons (Fsp3) is 0.583. The zero-order chi connectivity index (χ0) is 25.5. The van der Waals surface area contributed by atoms with Gasteiger partial charge in [0.15, 0.2) is 0 Å². The van der Waals surface area contributed by atoms with Crippen molar-refractivity contribution in [1.82, 2.24) is 14.9 Å². The van der Waals surface area contributed by atoms with Gasteiger partial charge >= 0.3 is 12.0 Å². The minimum absolute atomic E-state index is 0.0516. The van der Waals surface area contributed by atoms with Crippen LogP contribution in [0.3, 0.4) is 0 Å². The minimum atomic E-state index is -4.82. The van der Waals surface area contributed by atoms with Gasteiger partial charge in [0.05, 0.1) is 4.92 Å². The van der Waals surface area contributed by atoms with Crippen molar-refractivity contribution in [2.75, 3.05) is 30.3 Å². The molecule has 2 heterocycles. The highest BCUT2D eigenvalue weighted by Crippen LogP contribution is 2.31. The number of halogens is 3. The second-order valence-electron chi connectivity index (χ2n) is 9.35. The largest absolute Gasteiger partial charge is 0.573 e. The number of likely N-dealkylation sites (tertiary alicyclic amines) is 1. The summed E-state index contributed by atoms with van der Waals surface area (Å²) in [6.45, 7) is 2.88. The van der Waals surface area contributed by atoms with Crippen LogP contribution in [-0.2, 0) is 6.54 Å². The SMILES string of the molecule is O=[N+]([O-])c1cnc(NCc2ccccc2OC(F)(F)F)nc1NC[C@H]1CC[C@H](N2CCCCC2)CC1. The van der Waals surface area contributed by atoms with Crippen LogP contribution in [-0.4, -0.2) is 51.8 Å². The molecule has 4 rings (SSSR count). The minimum Gasteiger partial charge on any atom is -0.405 e. The maximum atomic E-state index is 12.7. The summed E-state index contributed by atoms with van der Waals surface area (Å²) in [5.74, 6) is 0.218. The van der Waals surface area contributed by atoms with Crippen molar-refractivity contribution >= 4 is 17.5 Å². The molecule has 2 aromatic rings. The number of aromatic nitrogens is 2. The normalized spacial score (nSPS) is 21.1. The van der Waals surface area contributed by atoms with E-state index in [9.17, 15) is 23.3 Å². The summed E-state index contributed by atoms with van der Waals surface area (Å²) in [6, 6.07) is 6.36. The fourth-order valence-electron chi connectivity index (χ4n) is 5.01. The Morgan fingerprint density at radius 1 is 1.08 bits per heavy atom. The second kappa shape index (κ2) is 11.7. The van der Waals surface area contributed by atoms with Crippen molar-refractivity contribution in [3.8, 4) is 5.75 Å². The monoisotopic (exact) mass is 508 g/mol. The number of benzene rings is 1. The van der Waals surface area contributed by atoms with Gasteiger partial charge in [-0.15, -0.1) is 13.2 Å². The molecule has 2 N–H and O–H groups in total. The fourth-order valence-corrected chi connectivity index (χ4v) is 5.01. The maximum absolute atomic E-state index is 12.7. The highest BCUT2D eigenvalue weighted by molar-refractivity contribution is 5.57. The van der Waals surface area contributed by atoms with Crippen LogP contribution in [0.15, 0.2) is 30.5 Å². The Labute approximate surface area is 207 Å². The zero-order valence-corrected chi connectivity index (χ0v) is 20.0. The van der Waals surface area contributed by atoms with Crippen LogP contribution in [0.4, 0.5) is 30.6 Å². The Balaban J connectivity index is 1.35. The molecule has 1 saturated carbocycles. The van der Waals surface area contributed by atoms with E-state index in [1.54, 1.807) is 6.07 Å². The van der Waals surface area contributed by atoms with Crippen LogP contribution in [0.25, 0.3) is 0 Å². The molecule has 0 unspecified atom stereocenters. The van der Waals surface area contributed by atoms with Crippen molar-refractivity contribution in [2.24, 2.45) is 5.92 Å². The van der Waals surface area contributed by atoms with E-state index in [0.717, 1.165) is 31.9 Å². The molecule has 1 aromatic heterocycles. The molecule has 2 fully saturated rings. The van der Waals surface area contributed by atoms with E-state index in [0.29, 0.717) is 18.5 Å². The molecular weight excluding hydrogens is 477 g/mol. The van der Waals surface area contributed by atoms with E-state index in [1.807, 2.05) is 0 Å². The third kappa shape index (κ3) is 7.19. The molecule has 2 aliphatic rings. The Kier molecular flexibility index (Phi) is 8.44. The molecule has 0 atom stereocenters. The number of piperidine rings is 1. The highest BCUT2D eigenvalue weighted by Gasteiger charge is 2.32. The van der Waals surface area contributed by atoms with Gasteiger partial charge < -0.3 is 20.3 Å². The molecule has 0 spiro atoms. The van der Waals surface area contributed by atoms with Gasteiger partial charge in [0.2, 0.25) is 11.8 Å². The first kappa shape index (κ1) is 25.9. The molecule has 1 saturated heterocycles. The molecule has 36 heavy (non-hydrogen) atoms. The van der Waals surface area contributed by atoms with E-state index >= 15 is 0 Å². The smallest absolute Gasteiger partial charge is 0.405 e. The maximum Gasteiger partial charge on any atom is 0.573 e. The predicted octanol–water partition coefficient (Wildman–Crippen LogP) is 5.35. The molecule has 0 amide bonds. The molecule has 12 heteroatoms. The number of para-hydroxylation sites is 1. The molecule has 1 aliphatic heterocycles. The Bertz CT molecular complexity index is 1020. The second-order valence-corrected chi connectivity index (χ2v) is 9.35. The van der Waals surface area contributed by atoms with Crippen LogP contribution in [0, 0.1) is 16.0 Å². The van der Waals surface area contributed by atoms with Crippen LogP contribution >= 0.6 is 0 Å². The van der Waals surface area contributed by atoms with E-state index in [1.165, 1.54) is 50.6 Å². The number of alkyl halides is 3. The third-order valence-electron chi connectivity index (χ3n) is 6.88. The summed E-state index contributed by atoms with van der Waals surface area (Å²) in [4.78, 5) is 21.8. The van der Waals surface area contributed by atoms with Crippen LogP contribution in [0.5, 0.6) is 5.75 Å². The van der Waals surface area contributed by atoms with Crippen LogP contribution in [0.1, 0.15) is 50.5 Å². The summed E-state index contributed by atoms with van der Waals surface area (Å²) in [5.41, 5.74) is 0.000102. The van der Waals surface area contributed by atoms with Gasteiger partial charge in [-0.3, -0.25) is 10.1 Å². The number of hydrogen-bond donors (Lipinski definition) is 2. The lowest BCUT2D eigenvalue weighted by Gasteiger charge is -2.39. The quantitative estimate of drug-likeness (QED) is 0.345. The van der Waals surface area contributed by atoms with Crippen molar-refractivity contribution < 1.29 is 22.8 Å². The van der Waals surface area contributed by atoms with Crippen molar-refractivity contribution in [2.45, 2.75) is 63.9 Å². The first-order valence-electron chi connectivity index (χ1n) is 12.4. The number of nitro groups is 1. The Morgan fingerprint density at radius 2 is 1.81 bits per heavy atom. The van der Waals surface area contributed by atoms with Gasteiger partial charge in [-0.25, -0.2) is 4.98 Å². The summed E-state index contributed by atoms with van der Waals surface area (Å²) in [7, 11) is 0. The van der Waals surface area contributed by atoms with Crippen LogP contribution in [0.2, 0.25) is 0 Å².